The fourth-order valence-corrected chi connectivity index (χ4v) is 4.26. The molecule has 2 aromatic carbocycles. The minimum Gasteiger partial charge on any atom is -0.506 e. The van der Waals surface area contributed by atoms with Crippen LogP contribution in [-0.2, 0) is 0 Å². The lowest BCUT2D eigenvalue weighted by molar-refractivity contribution is 0.0652. The largest absolute Gasteiger partial charge is 0.506 e. The highest BCUT2D eigenvalue weighted by Gasteiger charge is 2.34. The van der Waals surface area contributed by atoms with Gasteiger partial charge in [-0.15, -0.1) is 0 Å². The van der Waals surface area contributed by atoms with Gasteiger partial charge in [-0.1, -0.05) is 24.3 Å². The molecular weight excluding hydrogens is 406 g/mol. The summed E-state index contributed by atoms with van der Waals surface area (Å²) in [6.07, 6.45) is 1.56. The number of rotatable bonds is 6. The zero-order chi connectivity index (χ0) is 22.5. The number of fused-ring (bicyclic) bond motifs is 1. The van der Waals surface area contributed by atoms with E-state index >= 15 is 0 Å². The van der Waals surface area contributed by atoms with Gasteiger partial charge >= 0.3 is 0 Å². The summed E-state index contributed by atoms with van der Waals surface area (Å²) < 4.78 is 0. The number of aliphatic imine (C=N–C) groups is 1. The Morgan fingerprint density at radius 1 is 0.938 bits per heavy atom. The first-order valence-electron chi connectivity index (χ1n) is 11.0. The topological polar surface area (TPSA) is 88.5 Å². The summed E-state index contributed by atoms with van der Waals surface area (Å²) in [6, 6.07) is 14.4. The third kappa shape index (κ3) is 4.39. The number of amides is 2. The van der Waals surface area contributed by atoms with Crippen LogP contribution < -0.4 is 10.2 Å². The van der Waals surface area contributed by atoms with Crippen LogP contribution in [0, 0.1) is 0 Å². The number of piperazine rings is 1. The quantitative estimate of drug-likeness (QED) is 0.313. The monoisotopic (exact) mass is 435 g/mol. The van der Waals surface area contributed by atoms with E-state index in [1.165, 1.54) is 4.90 Å². The molecule has 0 atom stereocenters. The Labute approximate surface area is 188 Å². The van der Waals surface area contributed by atoms with Crippen molar-refractivity contribution in [3.05, 3.63) is 59.7 Å². The van der Waals surface area contributed by atoms with Crippen LogP contribution in [0.4, 0.5) is 5.69 Å². The maximum Gasteiger partial charge on any atom is 0.261 e. The van der Waals surface area contributed by atoms with Gasteiger partial charge in [-0.3, -0.25) is 19.5 Å². The third-order valence-electron chi connectivity index (χ3n) is 5.98. The van der Waals surface area contributed by atoms with Gasteiger partial charge < -0.3 is 20.2 Å². The molecule has 0 aromatic heterocycles. The standard InChI is InChI=1S/C24H29N5O3/c1-25-24(28-16-14-27(15-17-28)20-10-4-5-11-21(20)30)26-12-6-7-13-29-22(31)18-8-2-3-9-19(18)23(29)32/h2-5,8-11,30H,6-7,12-17H2,1H3,(H,25,26). The number of phenols is 1. The number of anilines is 1. The second-order valence-electron chi connectivity index (χ2n) is 7.95. The Morgan fingerprint density at radius 3 is 2.19 bits per heavy atom. The van der Waals surface area contributed by atoms with E-state index in [9.17, 15) is 14.7 Å². The second-order valence-corrected chi connectivity index (χ2v) is 7.95. The molecule has 0 unspecified atom stereocenters. The van der Waals surface area contributed by atoms with E-state index in [-0.39, 0.29) is 11.8 Å². The predicted molar refractivity (Wildman–Crippen MR) is 124 cm³/mol. The molecule has 8 heteroatoms. The SMILES string of the molecule is CN=C(NCCCCN1C(=O)c2ccccc2C1=O)N1CCN(c2ccccc2O)CC1. The minimum atomic E-state index is -0.198. The van der Waals surface area contributed by atoms with Gasteiger partial charge in [-0.25, -0.2) is 0 Å². The van der Waals surface area contributed by atoms with E-state index in [0.29, 0.717) is 23.4 Å². The lowest BCUT2D eigenvalue weighted by Crippen LogP contribution is -2.52. The molecule has 0 saturated carbocycles. The molecule has 2 N–H and O–H groups in total. The molecule has 2 aromatic rings. The van der Waals surface area contributed by atoms with Gasteiger partial charge in [-0.05, 0) is 37.1 Å². The average molecular weight is 436 g/mol. The highest BCUT2D eigenvalue weighted by molar-refractivity contribution is 6.21. The van der Waals surface area contributed by atoms with Crippen molar-refractivity contribution in [1.29, 1.82) is 0 Å². The summed E-state index contributed by atoms with van der Waals surface area (Å²) in [5.41, 5.74) is 1.86. The van der Waals surface area contributed by atoms with Gasteiger partial charge in [0.2, 0.25) is 0 Å². The number of guanidine groups is 1. The first-order valence-corrected chi connectivity index (χ1v) is 11.0. The van der Waals surface area contributed by atoms with Crippen molar-refractivity contribution in [1.82, 2.24) is 15.1 Å². The van der Waals surface area contributed by atoms with E-state index in [2.05, 4.69) is 20.1 Å². The fourth-order valence-electron chi connectivity index (χ4n) is 4.26. The maximum absolute atomic E-state index is 12.4. The number of carbonyl (C=O) groups excluding carboxylic acids is 2. The number of hydrogen-bond acceptors (Lipinski definition) is 5. The number of unbranched alkanes of at least 4 members (excludes halogenated alkanes) is 1. The van der Waals surface area contributed by atoms with Crippen LogP contribution in [0.2, 0.25) is 0 Å². The van der Waals surface area contributed by atoms with Crippen molar-refractivity contribution in [2.45, 2.75) is 12.8 Å². The Hall–Kier alpha value is -3.55. The van der Waals surface area contributed by atoms with Crippen LogP contribution in [-0.4, -0.2) is 79.0 Å². The molecule has 1 saturated heterocycles. The minimum absolute atomic E-state index is 0.198. The van der Waals surface area contributed by atoms with Gasteiger partial charge in [-0.2, -0.15) is 0 Å². The van der Waals surface area contributed by atoms with Crippen LogP contribution in [0.5, 0.6) is 5.75 Å². The summed E-state index contributed by atoms with van der Waals surface area (Å²) in [7, 11) is 1.77. The highest BCUT2D eigenvalue weighted by Crippen LogP contribution is 2.27. The van der Waals surface area contributed by atoms with Gasteiger partial charge in [0.25, 0.3) is 11.8 Å². The zero-order valence-electron chi connectivity index (χ0n) is 18.3. The maximum atomic E-state index is 12.4. The number of imide groups is 1. The van der Waals surface area contributed by atoms with Crippen molar-refractivity contribution in [2.24, 2.45) is 4.99 Å². The van der Waals surface area contributed by atoms with E-state index in [4.69, 9.17) is 0 Å². The lowest BCUT2D eigenvalue weighted by Gasteiger charge is -2.37. The number of aromatic hydroxyl groups is 1. The molecule has 2 heterocycles. The number of para-hydroxylation sites is 2. The summed E-state index contributed by atoms with van der Waals surface area (Å²) >= 11 is 0. The Bertz CT molecular complexity index is 979. The number of nitrogens with zero attached hydrogens (tertiary/aromatic N) is 4. The zero-order valence-corrected chi connectivity index (χ0v) is 18.3. The number of carbonyl (C=O) groups is 2. The fraction of sp³-hybridized carbons (Fsp3) is 0.375. The van der Waals surface area contributed by atoms with E-state index in [1.54, 1.807) is 37.4 Å². The molecule has 1 fully saturated rings. The first-order chi connectivity index (χ1) is 15.6. The van der Waals surface area contributed by atoms with Crippen molar-refractivity contribution >= 4 is 23.5 Å². The van der Waals surface area contributed by atoms with Crippen LogP contribution >= 0.6 is 0 Å². The molecule has 32 heavy (non-hydrogen) atoms. The van der Waals surface area contributed by atoms with Crippen molar-refractivity contribution in [2.75, 3.05) is 51.2 Å². The molecule has 2 aliphatic heterocycles. The van der Waals surface area contributed by atoms with Gasteiger partial charge in [0.05, 0.1) is 16.8 Å². The van der Waals surface area contributed by atoms with Crippen LogP contribution in [0.25, 0.3) is 0 Å². The third-order valence-corrected chi connectivity index (χ3v) is 5.98. The number of benzene rings is 2. The van der Waals surface area contributed by atoms with Crippen LogP contribution in [0.15, 0.2) is 53.5 Å². The second kappa shape index (κ2) is 9.72. The summed E-state index contributed by atoms with van der Waals surface area (Å²) in [5.74, 6) is 0.762. The molecule has 4 rings (SSSR count). The molecule has 0 aliphatic carbocycles. The van der Waals surface area contributed by atoms with E-state index < -0.39 is 0 Å². The average Bonchev–Trinajstić information content (AvgIpc) is 3.07. The molecule has 0 radical (unpaired) electrons. The normalized spacial score (nSPS) is 16.5. The molecule has 0 spiro atoms. The summed E-state index contributed by atoms with van der Waals surface area (Å²) in [6.45, 7) is 4.36. The van der Waals surface area contributed by atoms with Crippen molar-refractivity contribution < 1.29 is 14.7 Å². The first kappa shape index (κ1) is 21.7. The van der Waals surface area contributed by atoms with Crippen LogP contribution in [0.3, 0.4) is 0 Å². The summed E-state index contributed by atoms with van der Waals surface area (Å²) in [5, 5.41) is 13.5. The Kier molecular flexibility index (Phi) is 6.58. The van der Waals surface area contributed by atoms with E-state index in [0.717, 1.165) is 57.2 Å². The Balaban J connectivity index is 1.20. The molecular formula is C24H29N5O3. The smallest absolute Gasteiger partial charge is 0.261 e. The van der Waals surface area contributed by atoms with Gasteiger partial charge in [0, 0.05) is 46.3 Å². The van der Waals surface area contributed by atoms with E-state index in [1.807, 2.05) is 18.2 Å². The van der Waals surface area contributed by atoms with Crippen LogP contribution in [0.1, 0.15) is 33.6 Å². The van der Waals surface area contributed by atoms with Gasteiger partial charge in [0.15, 0.2) is 5.96 Å². The predicted octanol–water partition coefficient (Wildman–Crippen LogP) is 2.17. The molecule has 0 bridgehead atoms. The summed E-state index contributed by atoms with van der Waals surface area (Å²) in [4.78, 5) is 35.0. The molecule has 2 amide bonds. The van der Waals surface area contributed by atoms with Crippen molar-refractivity contribution in [3.8, 4) is 5.75 Å². The number of hydrogen-bond donors (Lipinski definition) is 2. The lowest BCUT2D eigenvalue weighted by atomic mass is 10.1. The van der Waals surface area contributed by atoms with Gasteiger partial charge in [0.1, 0.15) is 5.75 Å². The number of phenolic OH excluding ortho intramolecular Hbond substituents is 1. The Morgan fingerprint density at radius 2 is 1.56 bits per heavy atom. The number of nitrogens with one attached hydrogen (secondary N) is 1. The molecule has 168 valence electrons. The van der Waals surface area contributed by atoms with Crippen molar-refractivity contribution in [3.63, 3.8) is 0 Å². The molecule has 8 nitrogen and oxygen atoms in total. The molecule has 2 aliphatic rings. The highest BCUT2D eigenvalue weighted by atomic mass is 16.3.